The van der Waals surface area contributed by atoms with Crippen molar-refractivity contribution in [1.29, 1.82) is 0 Å². The van der Waals surface area contributed by atoms with Gasteiger partial charge in [0.15, 0.2) is 5.82 Å². The van der Waals surface area contributed by atoms with Gasteiger partial charge in [-0.15, -0.1) is 0 Å². The summed E-state index contributed by atoms with van der Waals surface area (Å²) in [5.41, 5.74) is 0. The number of halogens is 2. The fourth-order valence-corrected chi connectivity index (χ4v) is 2.06. The van der Waals surface area contributed by atoms with E-state index in [2.05, 4.69) is 21.8 Å². The second-order valence-corrected chi connectivity index (χ2v) is 4.95. The summed E-state index contributed by atoms with van der Waals surface area (Å²) in [7, 11) is 0. The third-order valence-electron chi connectivity index (χ3n) is 2.66. The monoisotopic (exact) mass is 259 g/mol. The van der Waals surface area contributed by atoms with E-state index in [4.69, 9.17) is 23.2 Å². The van der Waals surface area contributed by atoms with Gasteiger partial charge in [-0.05, 0) is 36.8 Å². The predicted molar refractivity (Wildman–Crippen MR) is 67.3 cm³/mol. The maximum absolute atomic E-state index is 6.11. The minimum absolute atomic E-state index is 0.260. The summed E-state index contributed by atoms with van der Waals surface area (Å²) in [5.74, 6) is 1.58. The average Bonchev–Trinajstić information content (AvgIpc) is 3.05. The van der Waals surface area contributed by atoms with Crippen molar-refractivity contribution in [2.24, 2.45) is 5.92 Å². The Kier molecular flexibility index (Phi) is 3.87. The van der Waals surface area contributed by atoms with Gasteiger partial charge >= 0.3 is 0 Å². The molecular formula is C11H15Cl2N3. The SMILES string of the molecule is CCCN(CC1CC1)c1nc(Cl)ncc1Cl. The second-order valence-electron chi connectivity index (χ2n) is 4.20. The molecule has 1 fully saturated rings. The zero-order chi connectivity index (χ0) is 11.5. The molecule has 1 aliphatic carbocycles. The fourth-order valence-electron chi connectivity index (χ4n) is 1.72. The summed E-state index contributed by atoms with van der Waals surface area (Å²) in [4.78, 5) is 10.3. The van der Waals surface area contributed by atoms with Crippen molar-refractivity contribution in [3.05, 3.63) is 16.5 Å². The number of nitrogens with zero attached hydrogens (tertiary/aromatic N) is 3. The molecule has 0 aromatic carbocycles. The van der Waals surface area contributed by atoms with Crippen LogP contribution in [0.15, 0.2) is 6.20 Å². The number of aromatic nitrogens is 2. The second kappa shape index (κ2) is 5.19. The van der Waals surface area contributed by atoms with Gasteiger partial charge < -0.3 is 4.90 Å². The highest BCUT2D eigenvalue weighted by Gasteiger charge is 2.25. The number of rotatable bonds is 5. The normalized spacial score (nSPS) is 15.2. The van der Waals surface area contributed by atoms with Gasteiger partial charge in [-0.1, -0.05) is 18.5 Å². The predicted octanol–water partition coefficient (Wildman–Crippen LogP) is 3.41. The van der Waals surface area contributed by atoms with E-state index >= 15 is 0 Å². The lowest BCUT2D eigenvalue weighted by Crippen LogP contribution is -2.27. The topological polar surface area (TPSA) is 29.0 Å². The Morgan fingerprint density at radius 1 is 1.44 bits per heavy atom. The van der Waals surface area contributed by atoms with Crippen molar-refractivity contribution in [2.45, 2.75) is 26.2 Å². The Morgan fingerprint density at radius 3 is 2.81 bits per heavy atom. The molecule has 2 rings (SSSR count). The first-order valence-corrected chi connectivity index (χ1v) is 6.39. The summed E-state index contributed by atoms with van der Waals surface area (Å²) in [6.45, 7) is 4.14. The van der Waals surface area contributed by atoms with E-state index in [1.54, 1.807) is 6.20 Å². The van der Waals surface area contributed by atoms with Crippen molar-refractivity contribution < 1.29 is 0 Å². The molecule has 0 bridgehead atoms. The molecule has 0 unspecified atom stereocenters. The van der Waals surface area contributed by atoms with Gasteiger partial charge in [-0.25, -0.2) is 4.98 Å². The smallest absolute Gasteiger partial charge is 0.224 e. The van der Waals surface area contributed by atoms with Crippen LogP contribution in [0, 0.1) is 5.92 Å². The van der Waals surface area contributed by atoms with Crippen LogP contribution < -0.4 is 4.90 Å². The molecule has 0 aliphatic heterocycles. The molecule has 1 heterocycles. The maximum Gasteiger partial charge on any atom is 0.224 e. The summed E-state index contributed by atoms with van der Waals surface area (Å²) in [6.07, 6.45) is 5.28. The minimum atomic E-state index is 0.260. The van der Waals surface area contributed by atoms with Crippen molar-refractivity contribution in [3.8, 4) is 0 Å². The van der Waals surface area contributed by atoms with E-state index in [0.717, 1.165) is 31.2 Å². The van der Waals surface area contributed by atoms with Crippen molar-refractivity contribution >= 4 is 29.0 Å². The van der Waals surface area contributed by atoms with E-state index in [0.29, 0.717) is 5.02 Å². The molecule has 1 aromatic heterocycles. The van der Waals surface area contributed by atoms with E-state index < -0.39 is 0 Å². The number of anilines is 1. The number of hydrogen-bond acceptors (Lipinski definition) is 3. The van der Waals surface area contributed by atoms with Gasteiger partial charge in [0, 0.05) is 13.1 Å². The molecule has 3 nitrogen and oxygen atoms in total. The fraction of sp³-hybridized carbons (Fsp3) is 0.636. The lowest BCUT2D eigenvalue weighted by atomic mass is 10.3. The Bertz CT molecular complexity index is 366. The third kappa shape index (κ3) is 2.98. The molecule has 0 radical (unpaired) electrons. The largest absolute Gasteiger partial charge is 0.355 e. The van der Waals surface area contributed by atoms with Gasteiger partial charge in [0.05, 0.1) is 6.20 Å². The third-order valence-corrected chi connectivity index (χ3v) is 3.11. The zero-order valence-electron chi connectivity index (χ0n) is 9.29. The Labute approximate surface area is 106 Å². The molecule has 0 atom stereocenters. The quantitative estimate of drug-likeness (QED) is 0.759. The van der Waals surface area contributed by atoms with Crippen molar-refractivity contribution in [1.82, 2.24) is 9.97 Å². The van der Waals surface area contributed by atoms with Crippen molar-refractivity contribution in [3.63, 3.8) is 0 Å². The Balaban J connectivity index is 2.18. The molecular weight excluding hydrogens is 245 g/mol. The van der Waals surface area contributed by atoms with Crippen molar-refractivity contribution in [2.75, 3.05) is 18.0 Å². The van der Waals surface area contributed by atoms with Gasteiger partial charge in [0.2, 0.25) is 5.28 Å². The first kappa shape index (κ1) is 11.9. The molecule has 88 valence electrons. The molecule has 0 saturated heterocycles. The van der Waals surface area contributed by atoms with Crippen LogP contribution in [0.3, 0.4) is 0 Å². The molecule has 1 aromatic rings. The van der Waals surface area contributed by atoms with Crippen LogP contribution in [0.25, 0.3) is 0 Å². The van der Waals surface area contributed by atoms with Gasteiger partial charge in [-0.3, -0.25) is 0 Å². The Morgan fingerprint density at radius 2 is 2.19 bits per heavy atom. The molecule has 0 spiro atoms. The van der Waals surface area contributed by atoms with Crippen LogP contribution in [-0.2, 0) is 0 Å². The van der Waals surface area contributed by atoms with E-state index in [9.17, 15) is 0 Å². The summed E-state index contributed by atoms with van der Waals surface area (Å²) in [6, 6.07) is 0. The summed E-state index contributed by atoms with van der Waals surface area (Å²) in [5, 5.41) is 0.842. The zero-order valence-corrected chi connectivity index (χ0v) is 10.8. The summed E-state index contributed by atoms with van der Waals surface area (Å²) < 4.78 is 0. The van der Waals surface area contributed by atoms with Crippen LogP contribution in [0.2, 0.25) is 10.3 Å². The highest BCUT2D eigenvalue weighted by Crippen LogP contribution is 2.33. The average molecular weight is 260 g/mol. The first-order valence-electron chi connectivity index (χ1n) is 5.63. The van der Waals surface area contributed by atoms with E-state index in [-0.39, 0.29) is 5.28 Å². The number of hydrogen-bond donors (Lipinski definition) is 0. The summed E-state index contributed by atoms with van der Waals surface area (Å²) >= 11 is 11.9. The highest BCUT2D eigenvalue weighted by molar-refractivity contribution is 6.33. The van der Waals surface area contributed by atoms with Gasteiger partial charge in [0.1, 0.15) is 5.02 Å². The molecule has 16 heavy (non-hydrogen) atoms. The van der Waals surface area contributed by atoms with Crippen LogP contribution in [-0.4, -0.2) is 23.1 Å². The van der Waals surface area contributed by atoms with Crippen LogP contribution in [0.1, 0.15) is 26.2 Å². The van der Waals surface area contributed by atoms with Crippen LogP contribution >= 0.6 is 23.2 Å². The van der Waals surface area contributed by atoms with Crippen LogP contribution in [0.4, 0.5) is 5.82 Å². The standard InChI is InChI=1S/C11H15Cl2N3/c1-2-5-16(7-8-3-4-8)10-9(12)6-14-11(13)15-10/h6,8H,2-5,7H2,1H3. The lowest BCUT2D eigenvalue weighted by molar-refractivity contribution is 0.698. The molecule has 5 heteroatoms. The molecule has 1 aliphatic rings. The minimum Gasteiger partial charge on any atom is -0.355 e. The van der Waals surface area contributed by atoms with E-state index in [1.807, 2.05) is 0 Å². The maximum atomic E-state index is 6.11. The Hall–Kier alpha value is -0.540. The first-order chi connectivity index (χ1) is 7.70. The van der Waals surface area contributed by atoms with E-state index in [1.165, 1.54) is 12.8 Å². The van der Waals surface area contributed by atoms with Crippen LogP contribution in [0.5, 0.6) is 0 Å². The highest BCUT2D eigenvalue weighted by atomic mass is 35.5. The lowest BCUT2D eigenvalue weighted by Gasteiger charge is -2.23. The van der Waals surface area contributed by atoms with Gasteiger partial charge in [-0.2, -0.15) is 4.98 Å². The van der Waals surface area contributed by atoms with Gasteiger partial charge in [0.25, 0.3) is 0 Å². The molecule has 0 amide bonds. The molecule has 1 saturated carbocycles. The molecule has 0 N–H and O–H groups in total.